The van der Waals surface area contributed by atoms with Crippen LogP contribution in [0.4, 0.5) is 11.4 Å². The van der Waals surface area contributed by atoms with E-state index in [2.05, 4.69) is 0 Å². The van der Waals surface area contributed by atoms with Gasteiger partial charge in [0.15, 0.2) is 5.75 Å². The van der Waals surface area contributed by atoms with E-state index in [9.17, 15) is 8.42 Å². The number of hydrogen-bond donors (Lipinski definition) is 2. The van der Waals surface area contributed by atoms with Gasteiger partial charge in [-0.05, 0) is 156 Å². The second-order valence-electron chi connectivity index (χ2n) is 13.1. The first kappa shape index (κ1) is 37.2. The molecule has 8 aromatic rings. The topological polar surface area (TPSA) is 132 Å². The quantitative estimate of drug-likeness (QED) is 0.0866. The fourth-order valence-electron chi connectivity index (χ4n) is 6.05. The molecule has 0 spiro atoms. The van der Waals surface area contributed by atoms with Crippen LogP contribution in [0.25, 0.3) is 22.3 Å². The Morgan fingerprint density at radius 1 is 0.345 bits per heavy atom. The summed E-state index contributed by atoms with van der Waals surface area (Å²) >= 11 is 0. The van der Waals surface area contributed by atoms with Crippen LogP contribution in [-0.2, 0) is 10.1 Å². The normalized spacial score (nSPS) is 11.0. The molecule has 286 valence electrons. The van der Waals surface area contributed by atoms with Crippen molar-refractivity contribution in [2.24, 2.45) is 0 Å². The molecule has 0 aliphatic heterocycles. The highest BCUT2D eigenvalue weighted by Crippen LogP contribution is 2.42. The molecule has 0 fully saturated rings. The Morgan fingerprint density at radius 2 is 0.690 bits per heavy atom. The van der Waals surface area contributed by atoms with Crippen LogP contribution < -0.4 is 34.6 Å². The molecule has 0 saturated carbocycles. The van der Waals surface area contributed by atoms with Crippen molar-refractivity contribution in [1.29, 1.82) is 0 Å². The molecule has 58 heavy (non-hydrogen) atoms. The molecule has 0 bridgehead atoms. The van der Waals surface area contributed by atoms with Crippen LogP contribution in [0, 0.1) is 0 Å². The average Bonchev–Trinajstić information content (AvgIpc) is 3.25. The van der Waals surface area contributed by atoms with Crippen LogP contribution in [0.1, 0.15) is 0 Å². The van der Waals surface area contributed by atoms with Crippen molar-refractivity contribution in [3.63, 3.8) is 0 Å². The van der Waals surface area contributed by atoms with Gasteiger partial charge >= 0.3 is 10.1 Å². The van der Waals surface area contributed by atoms with Crippen LogP contribution >= 0.6 is 0 Å². The summed E-state index contributed by atoms with van der Waals surface area (Å²) in [5.74, 6) is 5.27. The van der Waals surface area contributed by atoms with E-state index < -0.39 is 10.1 Å². The van der Waals surface area contributed by atoms with Gasteiger partial charge in [-0.3, -0.25) is 0 Å². The van der Waals surface area contributed by atoms with Crippen LogP contribution in [0.3, 0.4) is 0 Å². The van der Waals surface area contributed by atoms with E-state index in [0.29, 0.717) is 62.9 Å². The smallest absolute Gasteiger partial charge is 0.339 e. The predicted octanol–water partition coefficient (Wildman–Crippen LogP) is 12.1. The lowest BCUT2D eigenvalue weighted by Gasteiger charge is -2.17. The molecule has 0 saturated heterocycles. The molecule has 0 heterocycles. The summed E-state index contributed by atoms with van der Waals surface area (Å²) in [6.45, 7) is 0. The van der Waals surface area contributed by atoms with E-state index in [4.69, 9.17) is 34.6 Å². The molecule has 0 amide bonds. The zero-order valence-electron chi connectivity index (χ0n) is 30.9. The first-order valence-corrected chi connectivity index (χ1v) is 19.6. The van der Waals surface area contributed by atoms with Gasteiger partial charge in [-0.1, -0.05) is 54.6 Å². The molecule has 0 unspecified atom stereocenters. The lowest BCUT2D eigenvalue weighted by Crippen LogP contribution is -2.10. The average molecular weight is 785 g/mol. The fourth-order valence-corrected chi connectivity index (χ4v) is 7.01. The second kappa shape index (κ2) is 16.6. The number of nitrogens with two attached hydrogens (primary N) is 2. The summed E-state index contributed by atoms with van der Waals surface area (Å²) < 4.78 is 56.9. The predicted molar refractivity (Wildman–Crippen MR) is 226 cm³/mol. The van der Waals surface area contributed by atoms with Gasteiger partial charge < -0.3 is 34.6 Å². The van der Waals surface area contributed by atoms with Crippen molar-refractivity contribution >= 4 is 21.5 Å². The number of hydrogen-bond acceptors (Lipinski definition) is 9. The van der Waals surface area contributed by atoms with Gasteiger partial charge in [0.25, 0.3) is 0 Å². The SMILES string of the molecule is Nc1ccc(Oc2ccc(Oc3ccc(-c4cccc(OS(=O)(=O)c5ccccc5)c4-c4ccc(Oc5ccc(Oc6ccc(N)cc6)cc5)cc4)cc3)cc2)cc1. The lowest BCUT2D eigenvalue weighted by molar-refractivity contribution is 0.469. The molecule has 9 nitrogen and oxygen atoms in total. The number of rotatable bonds is 13. The number of benzene rings is 8. The number of ether oxygens (including phenoxy) is 4. The number of anilines is 2. The summed E-state index contributed by atoms with van der Waals surface area (Å²) in [7, 11) is -4.16. The van der Waals surface area contributed by atoms with Crippen molar-refractivity contribution in [2.75, 3.05) is 11.5 Å². The van der Waals surface area contributed by atoms with Crippen molar-refractivity contribution < 1.29 is 31.5 Å². The third kappa shape index (κ3) is 9.05. The Kier molecular flexibility index (Phi) is 10.6. The van der Waals surface area contributed by atoms with Gasteiger partial charge in [0, 0.05) is 16.9 Å². The van der Waals surface area contributed by atoms with Crippen molar-refractivity contribution in [1.82, 2.24) is 0 Å². The third-order valence-corrected chi connectivity index (χ3v) is 10.2. The molecule has 10 heteroatoms. The monoisotopic (exact) mass is 784 g/mol. The molecule has 4 N–H and O–H groups in total. The van der Waals surface area contributed by atoms with Crippen LogP contribution in [0.15, 0.2) is 199 Å². The maximum Gasteiger partial charge on any atom is 0.339 e. The van der Waals surface area contributed by atoms with Crippen LogP contribution in [-0.4, -0.2) is 8.42 Å². The molecule has 0 aromatic heterocycles. The highest BCUT2D eigenvalue weighted by Gasteiger charge is 2.22. The summed E-state index contributed by atoms with van der Waals surface area (Å²) in [5, 5.41) is 0. The molecule has 0 atom stereocenters. The second-order valence-corrected chi connectivity index (χ2v) is 14.6. The summed E-state index contributed by atoms with van der Waals surface area (Å²) in [6, 6.07) is 57.2. The van der Waals surface area contributed by atoms with E-state index in [1.165, 1.54) is 12.1 Å². The molecular formula is C48H36N2O7S. The molecule has 0 radical (unpaired) electrons. The Labute approximate surface area is 336 Å². The van der Waals surface area contributed by atoms with Gasteiger partial charge in [-0.2, -0.15) is 8.42 Å². The highest BCUT2D eigenvalue weighted by molar-refractivity contribution is 7.87. The van der Waals surface area contributed by atoms with Gasteiger partial charge in [0.05, 0.1) is 0 Å². The van der Waals surface area contributed by atoms with Crippen molar-refractivity contribution in [3.05, 3.63) is 194 Å². The van der Waals surface area contributed by atoms with Gasteiger partial charge in [-0.15, -0.1) is 0 Å². The Hall–Kier alpha value is -7.69. The fraction of sp³-hybridized carbons (Fsp3) is 0. The first-order chi connectivity index (χ1) is 28.2. The minimum atomic E-state index is -4.16. The van der Waals surface area contributed by atoms with E-state index in [1.807, 2.05) is 115 Å². The molecule has 0 aliphatic rings. The summed E-state index contributed by atoms with van der Waals surface area (Å²) in [6.07, 6.45) is 0. The van der Waals surface area contributed by atoms with Gasteiger partial charge in [0.2, 0.25) is 0 Å². The van der Waals surface area contributed by atoms with E-state index in [0.717, 1.165) is 16.7 Å². The summed E-state index contributed by atoms with van der Waals surface area (Å²) in [4.78, 5) is 0.0475. The Morgan fingerprint density at radius 3 is 1.09 bits per heavy atom. The molecule has 8 rings (SSSR count). The Balaban J connectivity index is 1.03. The zero-order chi connectivity index (χ0) is 39.9. The highest BCUT2D eigenvalue weighted by atomic mass is 32.2. The zero-order valence-corrected chi connectivity index (χ0v) is 31.7. The minimum absolute atomic E-state index is 0.0475. The third-order valence-electron chi connectivity index (χ3n) is 8.92. The summed E-state index contributed by atoms with van der Waals surface area (Å²) in [5.41, 5.74) is 15.8. The lowest BCUT2D eigenvalue weighted by atomic mass is 9.93. The first-order valence-electron chi connectivity index (χ1n) is 18.2. The number of nitrogen functional groups attached to an aromatic ring is 2. The van der Waals surface area contributed by atoms with E-state index >= 15 is 0 Å². The van der Waals surface area contributed by atoms with Gasteiger partial charge in [0.1, 0.15) is 50.9 Å². The maximum absolute atomic E-state index is 13.5. The van der Waals surface area contributed by atoms with Gasteiger partial charge in [-0.25, -0.2) is 0 Å². The minimum Gasteiger partial charge on any atom is -0.457 e. The molecule has 0 aliphatic carbocycles. The largest absolute Gasteiger partial charge is 0.457 e. The molecule has 8 aromatic carbocycles. The van der Waals surface area contributed by atoms with Crippen molar-refractivity contribution in [3.8, 4) is 74.0 Å². The Bertz CT molecular complexity index is 2730. The van der Waals surface area contributed by atoms with Crippen molar-refractivity contribution in [2.45, 2.75) is 4.90 Å². The van der Waals surface area contributed by atoms with E-state index in [1.54, 1.807) is 66.7 Å². The van der Waals surface area contributed by atoms with Crippen LogP contribution in [0.2, 0.25) is 0 Å². The maximum atomic E-state index is 13.5. The van der Waals surface area contributed by atoms with E-state index in [-0.39, 0.29) is 10.6 Å². The molecular weight excluding hydrogens is 749 g/mol. The van der Waals surface area contributed by atoms with Crippen LogP contribution in [0.5, 0.6) is 51.7 Å². The standard InChI is InChI=1S/C48H36N2O7S/c49-35-13-21-39(22-14-35)55-43-29-25-41(26-30-43)53-37-17-9-33(10-18-37)46-7-4-8-47(57-58(51,52)45-5-2-1-3-6-45)48(46)34-11-19-38(20-12-34)54-42-27-31-44(32-28-42)56-40-23-15-36(50)16-24-40/h1-32H,49-50H2.